The molecule has 1 atom stereocenters. The zero-order valence-corrected chi connectivity index (χ0v) is 17.8. The number of fused-ring (bicyclic) bond motifs is 2. The van der Waals surface area contributed by atoms with E-state index in [1.165, 1.54) is 12.3 Å². The Balaban J connectivity index is 1.60. The molecule has 4 heterocycles. The van der Waals surface area contributed by atoms with Gasteiger partial charge in [0.2, 0.25) is 0 Å². The van der Waals surface area contributed by atoms with Crippen molar-refractivity contribution in [1.29, 1.82) is 0 Å². The van der Waals surface area contributed by atoms with Gasteiger partial charge in [-0.25, -0.2) is 9.37 Å². The van der Waals surface area contributed by atoms with Crippen molar-refractivity contribution in [2.45, 2.75) is 26.0 Å². The van der Waals surface area contributed by atoms with Crippen LogP contribution in [-0.2, 0) is 11.3 Å². The number of amides is 1. The Labute approximate surface area is 180 Å². The van der Waals surface area contributed by atoms with Crippen LogP contribution in [0.2, 0.25) is 0 Å². The van der Waals surface area contributed by atoms with Gasteiger partial charge < -0.3 is 15.0 Å². The first-order valence-electron chi connectivity index (χ1n) is 10.7. The number of carbonyl (C=O) groups excluding carboxylic acids is 1. The van der Waals surface area contributed by atoms with Gasteiger partial charge >= 0.3 is 0 Å². The molecule has 2 aliphatic rings. The fourth-order valence-corrected chi connectivity index (χ4v) is 4.38. The normalized spacial score (nSPS) is 19.9. The Bertz CT molecular complexity index is 1140. The Hall–Kier alpha value is -2.97. The number of hydrogen-bond acceptors (Lipinski definition) is 5. The van der Waals surface area contributed by atoms with E-state index in [0.717, 1.165) is 49.6 Å². The Kier molecular flexibility index (Phi) is 5.11. The molecule has 0 saturated carbocycles. The van der Waals surface area contributed by atoms with E-state index in [0.29, 0.717) is 23.6 Å². The molecule has 0 aliphatic carbocycles. The smallest absolute Gasteiger partial charge is 0.267 e. The number of nitrogens with zero attached hydrogens (tertiary/aromatic N) is 4. The summed E-state index contributed by atoms with van der Waals surface area (Å²) in [6, 6.07) is 8.91. The number of aromatic nitrogens is 2. The minimum Gasteiger partial charge on any atom is -0.479 e. The van der Waals surface area contributed by atoms with E-state index in [1.807, 2.05) is 22.6 Å². The van der Waals surface area contributed by atoms with E-state index in [2.05, 4.69) is 10.2 Å². The van der Waals surface area contributed by atoms with Gasteiger partial charge in [-0.15, -0.1) is 0 Å². The number of benzene rings is 1. The van der Waals surface area contributed by atoms with Crippen LogP contribution in [0.4, 0.5) is 10.1 Å². The molecule has 2 aliphatic heterocycles. The fourth-order valence-electron chi connectivity index (χ4n) is 4.38. The molecule has 31 heavy (non-hydrogen) atoms. The number of nitrogens with one attached hydrogen (secondary N) is 1. The topological polar surface area (TPSA) is 62.1 Å². The zero-order valence-electron chi connectivity index (χ0n) is 17.8. The standard InChI is InChI=1S/C23H26FN5O2/c1-15-23(30)27(2)18-12-16(4-6-20(18)31-15)22-19(14-28-10-3-8-25-9-11-28)29-13-17(24)5-7-21(29)26-22/h4-7,12-13,15,25H,3,8-11,14H2,1-2H3. The van der Waals surface area contributed by atoms with Crippen LogP contribution in [0.1, 0.15) is 19.0 Å². The molecule has 1 unspecified atom stereocenters. The zero-order chi connectivity index (χ0) is 21.5. The first-order chi connectivity index (χ1) is 15.0. The second-order valence-electron chi connectivity index (χ2n) is 8.20. The molecule has 3 aromatic rings. The highest BCUT2D eigenvalue weighted by atomic mass is 19.1. The number of carbonyl (C=O) groups is 1. The van der Waals surface area contributed by atoms with Crippen molar-refractivity contribution in [2.75, 3.05) is 38.1 Å². The third-order valence-corrected chi connectivity index (χ3v) is 6.06. The average Bonchev–Trinajstić information content (AvgIpc) is 2.93. The van der Waals surface area contributed by atoms with Gasteiger partial charge in [0, 0.05) is 38.4 Å². The summed E-state index contributed by atoms with van der Waals surface area (Å²) in [5.74, 6) is 0.292. The summed E-state index contributed by atoms with van der Waals surface area (Å²) >= 11 is 0. The van der Waals surface area contributed by atoms with Crippen molar-refractivity contribution in [3.63, 3.8) is 0 Å². The molecule has 2 aromatic heterocycles. The van der Waals surface area contributed by atoms with Gasteiger partial charge in [0.1, 0.15) is 17.2 Å². The van der Waals surface area contributed by atoms with Crippen LogP contribution >= 0.6 is 0 Å². The second-order valence-corrected chi connectivity index (χ2v) is 8.20. The summed E-state index contributed by atoms with van der Waals surface area (Å²) < 4.78 is 21.7. The van der Waals surface area contributed by atoms with Crippen LogP contribution in [0.5, 0.6) is 5.75 Å². The van der Waals surface area contributed by atoms with Gasteiger partial charge in [0.15, 0.2) is 6.10 Å². The van der Waals surface area contributed by atoms with Crippen molar-refractivity contribution >= 4 is 17.2 Å². The minimum absolute atomic E-state index is 0.0842. The number of likely N-dealkylation sites (N-methyl/N-ethyl adjacent to an activating group) is 1. The summed E-state index contributed by atoms with van der Waals surface area (Å²) in [5.41, 5.74) is 4.03. The number of ether oxygens (including phenoxy) is 1. The predicted molar refractivity (Wildman–Crippen MR) is 117 cm³/mol. The van der Waals surface area contributed by atoms with Crippen LogP contribution < -0.4 is 15.0 Å². The molecule has 7 nitrogen and oxygen atoms in total. The monoisotopic (exact) mass is 423 g/mol. The van der Waals surface area contributed by atoms with E-state index in [-0.39, 0.29) is 11.7 Å². The third kappa shape index (κ3) is 3.66. The van der Waals surface area contributed by atoms with Gasteiger partial charge in [-0.1, -0.05) is 0 Å². The lowest BCUT2D eigenvalue weighted by Gasteiger charge is -2.30. The molecule has 1 aromatic carbocycles. The van der Waals surface area contributed by atoms with Crippen LogP contribution in [0.3, 0.4) is 0 Å². The summed E-state index contributed by atoms with van der Waals surface area (Å²) in [6.07, 6.45) is 2.06. The lowest BCUT2D eigenvalue weighted by Crippen LogP contribution is -2.41. The van der Waals surface area contributed by atoms with E-state index in [9.17, 15) is 9.18 Å². The largest absolute Gasteiger partial charge is 0.479 e. The molecule has 5 rings (SSSR count). The molecule has 0 spiro atoms. The summed E-state index contributed by atoms with van der Waals surface area (Å²) in [4.78, 5) is 21.2. The molecular weight excluding hydrogens is 397 g/mol. The van der Waals surface area contributed by atoms with Gasteiger partial charge in [0.25, 0.3) is 5.91 Å². The molecule has 1 saturated heterocycles. The first-order valence-corrected chi connectivity index (χ1v) is 10.7. The maximum Gasteiger partial charge on any atom is 0.267 e. The Morgan fingerprint density at radius 1 is 1.23 bits per heavy atom. The van der Waals surface area contributed by atoms with Crippen molar-refractivity contribution in [1.82, 2.24) is 19.6 Å². The summed E-state index contributed by atoms with van der Waals surface area (Å²) in [7, 11) is 1.76. The van der Waals surface area contributed by atoms with E-state index in [4.69, 9.17) is 9.72 Å². The van der Waals surface area contributed by atoms with Gasteiger partial charge in [0.05, 0.1) is 17.1 Å². The van der Waals surface area contributed by atoms with Gasteiger partial charge in [-0.2, -0.15) is 0 Å². The first kappa shape index (κ1) is 20.0. The predicted octanol–water partition coefficient (Wildman–Crippen LogP) is 2.68. The molecule has 1 fully saturated rings. The highest BCUT2D eigenvalue weighted by Gasteiger charge is 2.29. The van der Waals surface area contributed by atoms with Crippen molar-refractivity contribution < 1.29 is 13.9 Å². The lowest BCUT2D eigenvalue weighted by molar-refractivity contribution is -0.125. The van der Waals surface area contributed by atoms with Crippen molar-refractivity contribution in [3.05, 3.63) is 48.0 Å². The molecular formula is C23H26FN5O2. The number of anilines is 1. The van der Waals surface area contributed by atoms with E-state index < -0.39 is 6.10 Å². The summed E-state index contributed by atoms with van der Waals surface area (Å²) in [6.45, 7) is 6.26. The average molecular weight is 423 g/mol. The van der Waals surface area contributed by atoms with Crippen molar-refractivity contribution in [2.24, 2.45) is 0 Å². The van der Waals surface area contributed by atoms with Crippen LogP contribution in [0.25, 0.3) is 16.9 Å². The highest BCUT2D eigenvalue weighted by molar-refractivity contribution is 6.00. The van der Waals surface area contributed by atoms with Gasteiger partial charge in [-0.05, 0) is 56.8 Å². The molecule has 1 N–H and O–H groups in total. The maximum absolute atomic E-state index is 14.1. The third-order valence-electron chi connectivity index (χ3n) is 6.06. The van der Waals surface area contributed by atoms with E-state index in [1.54, 1.807) is 24.9 Å². The summed E-state index contributed by atoms with van der Waals surface area (Å²) in [5, 5.41) is 3.42. The number of imidazole rings is 1. The molecule has 0 bridgehead atoms. The van der Waals surface area contributed by atoms with Crippen molar-refractivity contribution in [3.8, 4) is 17.0 Å². The Morgan fingerprint density at radius 3 is 2.97 bits per heavy atom. The van der Waals surface area contributed by atoms with Crippen LogP contribution in [0, 0.1) is 5.82 Å². The molecule has 1 amide bonds. The fraction of sp³-hybridized carbons (Fsp3) is 0.391. The lowest BCUT2D eigenvalue weighted by atomic mass is 10.1. The van der Waals surface area contributed by atoms with E-state index >= 15 is 0 Å². The minimum atomic E-state index is -0.506. The number of hydrogen-bond donors (Lipinski definition) is 1. The SMILES string of the molecule is CC1Oc2ccc(-c3nc4ccc(F)cn4c3CN3CCCNCC3)cc2N(C)C1=O. The van der Waals surface area contributed by atoms with Gasteiger partial charge in [-0.3, -0.25) is 14.1 Å². The molecule has 0 radical (unpaired) electrons. The molecule has 8 heteroatoms. The number of halogens is 1. The van der Waals surface area contributed by atoms with Crippen LogP contribution in [-0.4, -0.2) is 59.5 Å². The highest BCUT2D eigenvalue weighted by Crippen LogP contribution is 2.37. The number of rotatable bonds is 3. The number of pyridine rings is 1. The second kappa shape index (κ2) is 7.94. The van der Waals surface area contributed by atoms with Crippen LogP contribution in [0.15, 0.2) is 36.5 Å². The molecule has 162 valence electrons. The Morgan fingerprint density at radius 2 is 2.10 bits per heavy atom. The maximum atomic E-state index is 14.1. The quantitative estimate of drug-likeness (QED) is 0.702.